The fraction of sp³-hybridized carbons (Fsp3) is 1.00. The van der Waals surface area contributed by atoms with E-state index >= 15 is 0 Å². The van der Waals surface area contributed by atoms with Gasteiger partial charge in [0.1, 0.15) is 0 Å². The summed E-state index contributed by atoms with van der Waals surface area (Å²) in [5.74, 6) is 0. The zero-order valence-corrected chi connectivity index (χ0v) is 9.38. The minimum absolute atomic E-state index is 0.0544. The van der Waals surface area contributed by atoms with Gasteiger partial charge in [0, 0.05) is 24.7 Å². The van der Waals surface area contributed by atoms with Crippen molar-refractivity contribution in [2.75, 3.05) is 33.7 Å². The monoisotopic (exact) mass is 185 g/mol. The predicted molar refractivity (Wildman–Crippen MR) is 56.8 cm³/mol. The molecule has 0 bridgehead atoms. The van der Waals surface area contributed by atoms with E-state index in [1.165, 1.54) is 19.5 Å². The normalized spacial score (nSPS) is 25.8. The Labute approximate surface area is 81.9 Å². The molecule has 1 aliphatic heterocycles. The standard InChI is InChI=1S/C10H23N3/c1-10(2,11)8-13-6-5-9(7-13)12(3)4/h9H,5-8,11H2,1-4H3. The van der Waals surface area contributed by atoms with E-state index in [9.17, 15) is 0 Å². The van der Waals surface area contributed by atoms with E-state index in [1.54, 1.807) is 0 Å². The highest BCUT2D eigenvalue weighted by Crippen LogP contribution is 2.14. The van der Waals surface area contributed by atoms with Gasteiger partial charge >= 0.3 is 0 Å². The summed E-state index contributed by atoms with van der Waals surface area (Å²) >= 11 is 0. The second-order valence-corrected chi connectivity index (χ2v) is 5.13. The summed E-state index contributed by atoms with van der Waals surface area (Å²) in [7, 11) is 4.31. The molecule has 1 aliphatic rings. The Morgan fingerprint density at radius 1 is 1.46 bits per heavy atom. The summed E-state index contributed by atoms with van der Waals surface area (Å²) in [5, 5.41) is 0. The van der Waals surface area contributed by atoms with Crippen molar-refractivity contribution in [3.8, 4) is 0 Å². The van der Waals surface area contributed by atoms with Crippen LogP contribution in [-0.4, -0.2) is 55.1 Å². The first kappa shape index (κ1) is 11.0. The van der Waals surface area contributed by atoms with Gasteiger partial charge in [0.2, 0.25) is 0 Å². The minimum atomic E-state index is -0.0544. The molecule has 3 nitrogen and oxygen atoms in total. The van der Waals surface area contributed by atoms with Gasteiger partial charge in [0.05, 0.1) is 0 Å². The van der Waals surface area contributed by atoms with Crippen LogP contribution in [0.2, 0.25) is 0 Å². The topological polar surface area (TPSA) is 32.5 Å². The van der Waals surface area contributed by atoms with E-state index < -0.39 is 0 Å². The molecule has 0 amide bonds. The molecule has 0 aromatic rings. The maximum Gasteiger partial charge on any atom is 0.0229 e. The maximum absolute atomic E-state index is 5.98. The van der Waals surface area contributed by atoms with Crippen LogP contribution in [-0.2, 0) is 0 Å². The molecule has 1 fully saturated rings. The van der Waals surface area contributed by atoms with Crippen molar-refractivity contribution in [3.63, 3.8) is 0 Å². The van der Waals surface area contributed by atoms with E-state index in [4.69, 9.17) is 5.73 Å². The van der Waals surface area contributed by atoms with Crippen molar-refractivity contribution in [2.45, 2.75) is 31.8 Å². The summed E-state index contributed by atoms with van der Waals surface area (Å²) in [6.45, 7) is 7.57. The quantitative estimate of drug-likeness (QED) is 0.689. The highest BCUT2D eigenvalue weighted by atomic mass is 15.2. The van der Waals surface area contributed by atoms with Gasteiger partial charge in [-0.15, -0.1) is 0 Å². The fourth-order valence-electron chi connectivity index (χ4n) is 1.95. The Bertz CT molecular complexity index is 160. The molecule has 0 aromatic carbocycles. The largest absolute Gasteiger partial charge is 0.324 e. The van der Waals surface area contributed by atoms with Crippen molar-refractivity contribution in [3.05, 3.63) is 0 Å². The highest BCUT2D eigenvalue weighted by Gasteiger charge is 2.26. The first-order chi connectivity index (χ1) is 5.88. The van der Waals surface area contributed by atoms with Crippen LogP contribution in [0.1, 0.15) is 20.3 Å². The first-order valence-corrected chi connectivity index (χ1v) is 5.06. The number of rotatable bonds is 3. The SMILES string of the molecule is CN(C)C1CCN(CC(C)(C)N)C1. The Balaban J connectivity index is 2.33. The van der Waals surface area contributed by atoms with Crippen LogP contribution in [0.25, 0.3) is 0 Å². The van der Waals surface area contributed by atoms with Crippen LogP contribution in [0.5, 0.6) is 0 Å². The molecule has 78 valence electrons. The number of hydrogen-bond donors (Lipinski definition) is 1. The molecule has 0 aliphatic carbocycles. The third-order valence-corrected chi connectivity index (χ3v) is 2.61. The first-order valence-electron chi connectivity index (χ1n) is 5.06. The lowest BCUT2D eigenvalue weighted by molar-refractivity contribution is 0.238. The molecule has 2 N–H and O–H groups in total. The number of nitrogens with zero attached hydrogens (tertiary/aromatic N) is 2. The molecule has 0 radical (unpaired) electrons. The van der Waals surface area contributed by atoms with Gasteiger partial charge in [-0.25, -0.2) is 0 Å². The lowest BCUT2D eigenvalue weighted by Crippen LogP contribution is -2.45. The van der Waals surface area contributed by atoms with Crippen LogP contribution in [0, 0.1) is 0 Å². The molecule has 1 saturated heterocycles. The molecule has 13 heavy (non-hydrogen) atoms. The molecule has 1 unspecified atom stereocenters. The van der Waals surface area contributed by atoms with Crippen molar-refractivity contribution in [1.82, 2.24) is 9.80 Å². The fourth-order valence-corrected chi connectivity index (χ4v) is 1.95. The summed E-state index contributed by atoms with van der Waals surface area (Å²) < 4.78 is 0. The molecule has 1 heterocycles. The van der Waals surface area contributed by atoms with Gasteiger partial charge in [-0.05, 0) is 40.9 Å². The Morgan fingerprint density at radius 3 is 2.46 bits per heavy atom. The van der Waals surface area contributed by atoms with E-state index in [0.717, 1.165) is 12.6 Å². The lowest BCUT2D eigenvalue weighted by Gasteiger charge is -2.27. The molecule has 0 saturated carbocycles. The molecule has 1 rings (SSSR count). The van der Waals surface area contributed by atoms with Gasteiger partial charge in [-0.2, -0.15) is 0 Å². The molecule has 0 aromatic heterocycles. The number of hydrogen-bond acceptors (Lipinski definition) is 3. The zero-order valence-electron chi connectivity index (χ0n) is 9.38. The van der Waals surface area contributed by atoms with Crippen molar-refractivity contribution >= 4 is 0 Å². The third kappa shape index (κ3) is 3.63. The molecule has 0 spiro atoms. The average Bonchev–Trinajstić information content (AvgIpc) is 2.31. The lowest BCUT2D eigenvalue weighted by atomic mass is 10.1. The van der Waals surface area contributed by atoms with Gasteiger partial charge in [0.15, 0.2) is 0 Å². The second-order valence-electron chi connectivity index (χ2n) is 5.13. The Hall–Kier alpha value is -0.120. The summed E-state index contributed by atoms with van der Waals surface area (Å²) in [4.78, 5) is 4.77. The zero-order chi connectivity index (χ0) is 10.1. The van der Waals surface area contributed by atoms with E-state index in [-0.39, 0.29) is 5.54 Å². The van der Waals surface area contributed by atoms with E-state index in [2.05, 4.69) is 37.7 Å². The molecule has 3 heteroatoms. The number of nitrogens with two attached hydrogens (primary N) is 1. The Kier molecular flexibility index (Phi) is 3.33. The van der Waals surface area contributed by atoms with E-state index in [0.29, 0.717) is 0 Å². The number of likely N-dealkylation sites (tertiary alicyclic amines) is 1. The van der Waals surface area contributed by atoms with Crippen molar-refractivity contribution in [2.24, 2.45) is 5.73 Å². The number of likely N-dealkylation sites (N-methyl/N-ethyl adjacent to an activating group) is 1. The second kappa shape index (κ2) is 3.95. The van der Waals surface area contributed by atoms with E-state index in [1.807, 2.05) is 0 Å². The molecule has 1 atom stereocenters. The summed E-state index contributed by atoms with van der Waals surface area (Å²) in [5.41, 5.74) is 5.93. The Morgan fingerprint density at radius 2 is 2.08 bits per heavy atom. The third-order valence-electron chi connectivity index (χ3n) is 2.61. The van der Waals surface area contributed by atoms with Crippen LogP contribution in [0.15, 0.2) is 0 Å². The smallest absolute Gasteiger partial charge is 0.0229 e. The van der Waals surface area contributed by atoms with Crippen LogP contribution in [0.3, 0.4) is 0 Å². The highest BCUT2D eigenvalue weighted by molar-refractivity contribution is 4.85. The van der Waals surface area contributed by atoms with Crippen molar-refractivity contribution < 1.29 is 0 Å². The summed E-state index contributed by atoms with van der Waals surface area (Å²) in [6.07, 6.45) is 1.28. The maximum atomic E-state index is 5.98. The average molecular weight is 185 g/mol. The van der Waals surface area contributed by atoms with Crippen LogP contribution >= 0.6 is 0 Å². The van der Waals surface area contributed by atoms with Crippen molar-refractivity contribution in [1.29, 1.82) is 0 Å². The van der Waals surface area contributed by atoms with Crippen LogP contribution in [0.4, 0.5) is 0 Å². The van der Waals surface area contributed by atoms with Gasteiger partial charge in [0.25, 0.3) is 0 Å². The molecular formula is C10H23N3. The van der Waals surface area contributed by atoms with Crippen LogP contribution < -0.4 is 5.73 Å². The summed E-state index contributed by atoms with van der Waals surface area (Å²) in [6, 6.07) is 0.724. The van der Waals surface area contributed by atoms with Gasteiger partial charge in [-0.1, -0.05) is 0 Å². The minimum Gasteiger partial charge on any atom is -0.324 e. The predicted octanol–water partition coefficient (Wildman–Crippen LogP) is 0.360. The molecular weight excluding hydrogens is 162 g/mol. The van der Waals surface area contributed by atoms with Gasteiger partial charge in [-0.3, -0.25) is 4.90 Å². The van der Waals surface area contributed by atoms with Gasteiger partial charge < -0.3 is 10.6 Å².